The fraction of sp³-hybridized carbons (Fsp3) is 0.250. The summed E-state index contributed by atoms with van der Waals surface area (Å²) in [6, 6.07) is 16.7. The number of rotatable bonds is 7. The second-order valence-corrected chi connectivity index (χ2v) is 9.47. The van der Waals surface area contributed by atoms with Gasteiger partial charge in [0, 0.05) is 29.5 Å². The van der Waals surface area contributed by atoms with Gasteiger partial charge in [0.2, 0.25) is 5.91 Å². The Balaban J connectivity index is 1.39. The number of nitrogens with one attached hydrogen (secondary N) is 2. The van der Waals surface area contributed by atoms with Crippen LogP contribution >= 0.6 is 34.5 Å². The van der Waals surface area contributed by atoms with Gasteiger partial charge in [0.15, 0.2) is 0 Å². The van der Waals surface area contributed by atoms with Gasteiger partial charge in [0.25, 0.3) is 5.91 Å². The minimum Gasteiger partial charge on any atom is -0.353 e. The molecule has 2 N–H and O–H groups in total. The Kier molecular flexibility index (Phi) is 7.48. The van der Waals surface area contributed by atoms with Gasteiger partial charge in [0.05, 0.1) is 23.2 Å². The first kappa shape index (κ1) is 22.8. The van der Waals surface area contributed by atoms with Crippen LogP contribution in [0.5, 0.6) is 0 Å². The van der Waals surface area contributed by atoms with Crippen LogP contribution in [0, 0.1) is 0 Å². The van der Waals surface area contributed by atoms with E-state index in [1.807, 2.05) is 24.3 Å². The third-order valence-electron chi connectivity index (χ3n) is 5.55. The molecule has 2 heterocycles. The highest BCUT2D eigenvalue weighted by Crippen LogP contribution is 2.30. The largest absolute Gasteiger partial charge is 0.353 e. The zero-order valence-electron chi connectivity index (χ0n) is 17.3. The quantitative estimate of drug-likeness (QED) is 0.507. The van der Waals surface area contributed by atoms with E-state index in [1.54, 1.807) is 35.6 Å². The molecule has 1 aliphatic rings. The molecular formula is C24H23Cl2N3O2S. The molecule has 2 aromatic carbocycles. The average molecular weight is 488 g/mol. The molecule has 4 rings (SSSR count). The molecule has 0 bridgehead atoms. The average Bonchev–Trinajstić information content (AvgIpc) is 3.27. The lowest BCUT2D eigenvalue weighted by Gasteiger charge is -2.35. The van der Waals surface area contributed by atoms with Crippen molar-refractivity contribution in [1.29, 1.82) is 0 Å². The smallest absolute Gasteiger partial charge is 0.253 e. The zero-order chi connectivity index (χ0) is 22.5. The van der Waals surface area contributed by atoms with Crippen molar-refractivity contribution in [2.24, 2.45) is 0 Å². The van der Waals surface area contributed by atoms with Crippen LogP contribution in [0.2, 0.25) is 10.0 Å². The zero-order valence-corrected chi connectivity index (χ0v) is 19.6. The van der Waals surface area contributed by atoms with Crippen LogP contribution in [0.3, 0.4) is 0 Å². The molecule has 0 fully saturated rings. The molecule has 1 unspecified atom stereocenters. The lowest BCUT2D eigenvalue weighted by atomic mass is 10.0. The number of benzene rings is 2. The van der Waals surface area contributed by atoms with Crippen molar-refractivity contribution in [3.8, 4) is 0 Å². The maximum absolute atomic E-state index is 12.5. The maximum atomic E-state index is 12.5. The lowest BCUT2D eigenvalue weighted by molar-refractivity contribution is -0.120. The number of hydrogen-bond donors (Lipinski definition) is 2. The van der Waals surface area contributed by atoms with Crippen molar-refractivity contribution in [1.82, 2.24) is 15.5 Å². The summed E-state index contributed by atoms with van der Waals surface area (Å²) in [5.41, 5.74) is 2.79. The van der Waals surface area contributed by atoms with Crippen molar-refractivity contribution >= 4 is 46.4 Å². The number of fused-ring (bicyclic) bond motifs is 1. The Hall–Kier alpha value is -2.38. The minimum atomic E-state index is -0.374. The van der Waals surface area contributed by atoms with E-state index in [-0.39, 0.29) is 24.4 Å². The van der Waals surface area contributed by atoms with E-state index in [4.69, 9.17) is 23.2 Å². The van der Waals surface area contributed by atoms with Gasteiger partial charge in [-0.3, -0.25) is 14.5 Å². The number of carbonyl (C=O) groups is 2. The fourth-order valence-electron chi connectivity index (χ4n) is 3.85. The van der Waals surface area contributed by atoms with Crippen molar-refractivity contribution in [3.63, 3.8) is 0 Å². The van der Waals surface area contributed by atoms with E-state index in [0.717, 1.165) is 25.1 Å². The van der Waals surface area contributed by atoms with Crippen molar-refractivity contribution < 1.29 is 9.59 Å². The molecule has 1 aromatic heterocycles. The molecule has 2 amide bonds. The molecular weight excluding hydrogens is 465 g/mol. The van der Waals surface area contributed by atoms with Gasteiger partial charge in [-0.1, -0.05) is 47.5 Å². The van der Waals surface area contributed by atoms with E-state index in [2.05, 4.69) is 27.0 Å². The van der Waals surface area contributed by atoms with Crippen LogP contribution in [0.25, 0.3) is 0 Å². The summed E-state index contributed by atoms with van der Waals surface area (Å²) in [7, 11) is 0. The molecule has 1 aliphatic heterocycles. The number of nitrogens with zero attached hydrogens (tertiary/aromatic N) is 1. The van der Waals surface area contributed by atoms with E-state index in [0.29, 0.717) is 22.2 Å². The van der Waals surface area contributed by atoms with Crippen molar-refractivity contribution in [2.75, 3.05) is 19.6 Å². The van der Waals surface area contributed by atoms with E-state index >= 15 is 0 Å². The van der Waals surface area contributed by atoms with E-state index < -0.39 is 0 Å². The molecule has 0 aliphatic carbocycles. The standard InChI is InChI=1S/C24H23Cl2N3O2S/c25-18-7-5-16(6-8-18)21(29-11-9-22-17(15-29)10-12-32-22)13-27-23(30)14-28-24(31)19-3-1-2-4-20(19)26/h1-8,10,12,21H,9,11,13-15H2,(H,27,30)(H,28,31). The Morgan fingerprint density at radius 3 is 2.59 bits per heavy atom. The predicted molar refractivity (Wildman–Crippen MR) is 129 cm³/mol. The minimum absolute atomic E-state index is 0.00327. The number of hydrogen-bond acceptors (Lipinski definition) is 4. The Morgan fingerprint density at radius 1 is 1.03 bits per heavy atom. The van der Waals surface area contributed by atoms with Crippen LogP contribution in [-0.2, 0) is 17.8 Å². The Morgan fingerprint density at radius 2 is 1.81 bits per heavy atom. The van der Waals surface area contributed by atoms with Gasteiger partial charge in [-0.15, -0.1) is 11.3 Å². The van der Waals surface area contributed by atoms with Crippen molar-refractivity contribution in [2.45, 2.75) is 19.0 Å². The Labute approximate surface area is 201 Å². The van der Waals surface area contributed by atoms with Crippen LogP contribution in [0.1, 0.15) is 32.4 Å². The maximum Gasteiger partial charge on any atom is 0.253 e. The third-order valence-corrected chi connectivity index (χ3v) is 7.16. The number of thiophene rings is 1. The van der Waals surface area contributed by atoms with Gasteiger partial charge in [0.1, 0.15) is 0 Å². The first-order chi connectivity index (χ1) is 15.5. The lowest BCUT2D eigenvalue weighted by Crippen LogP contribution is -2.43. The van der Waals surface area contributed by atoms with Crippen LogP contribution in [0.15, 0.2) is 60.0 Å². The molecule has 8 heteroatoms. The second-order valence-electron chi connectivity index (χ2n) is 7.62. The van der Waals surface area contributed by atoms with Gasteiger partial charge in [-0.25, -0.2) is 0 Å². The van der Waals surface area contributed by atoms with Gasteiger partial charge in [-0.2, -0.15) is 0 Å². The van der Waals surface area contributed by atoms with Crippen LogP contribution < -0.4 is 10.6 Å². The van der Waals surface area contributed by atoms with Crippen molar-refractivity contribution in [3.05, 3.63) is 91.6 Å². The van der Waals surface area contributed by atoms with E-state index in [9.17, 15) is 9.59 Å². The van der Waals surface area contributed by atoms with Crippen LogP contribution in [-0.4, -0.2) is 36.3 Å². The highest BCUT2D eigenvalue weighted by molar-refractivity contribution is 7.10. The summed E-state index contributed by atoms with van der Waals surface area (Å²) in [4.78, 5) is 28.6. The number of amides is 2. The number of halogens is 2. The molecule has 32 heavy (non-hydrogen) atoms. The topological polar surface area (TPSA) is 61.4 Å². The monoisotopic (exact) mass is 487 g/mol. The summed E-state index contributed by atoms with van der Waals surface area (Å²) in [5.74, 6) is -0.626. The summed E-state index contributed by atoms with van der Waals surface area (Å²) in [5, 5.41) is 8.77. The SMILES string of the molecule is O=C(CNC(=O)c1ccccc1Cl)NCC(c1ccc(Cl)cc1)N1CCc2sccc2C1. The molecule has 0 saturated carbocycles. The highest BCUT2D eigenvalue weighted by atomic mass is 35.5. The summed E-state index contributed by atoms with van der Waals surface area (Å²) < 4.78 is 0. The fourth-order valence-corrected chi connectivity index (χ4v) is 5.09. The molecule has 5 nitrogen and oxygen atoms in total. The van der Waals surface area contributed by atoms with Gasteiger partial charge >= 0.3 is 0 Å². The molecule has 0 spiro atoms. The van der Waals surface area contributed by atoms with E-state index in [1.165, 1.54) is 10.4 Å². The van der Waals surface area contributed by atoms with Crippen LogP contribution in [0.4, 0.5) is 0 Å². The Bertz CT molecular complexity index is 1100. The third kappa shape index (κ3) is 5.51. The molecule has 0 saturated heterocycles. The molecule has 0 radical (unpaired) electrons. The summed E-state index contributed by atoms with van der Waals surface area (Å²) in [6.07, 6.45) is 0.999. The molecule has 1 atom stereocenters. The normalized spacial score (nSPS) is 14.4. The second kappa shape index (κ2) is 10.5. The van der Waals surface area contributed by atoms with Gasteiger partial charge < -0.3 is 10.6 Å². The molecule has 166 valence electrons. The highest BCUT2D eigenvalue weighted by Gasteiger charge is 2.26. The predicted octanol–water partition coefficient (Wildman–Crippen LogP) is 4.70. The number of carbonyl (C=O) groups excluding carboxylic acids is 2. The summed E-state index contributed by atoms with van der Waals surface area (Å²) >= 11 is 13.9. The first-order valence-electron chi connectivity index (χ1n) is 10.4. The van der Waals surface area contributed by atoms with Gasteiger partial charge in [-0.05, 0) is 53.3 Å². The summed E-state index contributed by atoms with van der Waals surface area (Å²) in [6.45, 7) is 2.07. The molecule has 3 aromatic rings. The first-order valence-corrected chi connectivity index (χ1v) is 12.0.